The lowest BCUT2D eigenvalue weighted by atomic mass is 10.1. The largest absolute Gasteiger partial charge is 0.488 e. The van der Waals surface area contributed by atoms with Crippen LogP contribution >= 0.6 is 58.0 Å². The van der Waals surface area contributed by atoms with Crippen molar-refractivity contribution >= 4 is 86.7 Å². The number of rotatable bonds is 5. The van der Waals surface area contributed by atoms with Crippen LogP contribution in [0, 0.1) is 9.39 Å². The highest BCUT2D eigenvalue weighted by atomic mass is 127. The molecule has 3 aromatic carbocycles. The molecule has 0 spiro atoms. The second kappa shape index (κ2) is 10.4. The van der Waals surface area contributed by atoms with Crippen LogP contribution in [0.4, 0.5) is 10.1 Å². The first kappa shape index (κ1) is 24.6. The fraction of sp³-hybridized carbons (Fsp3) is 0.0417. The molecule has 10 heteroatoms. The Morgan fingerprint density at radius 1 is 1.09 bits per heavy atom. The Labute approximate surface area is 223 Å². The number of hydrogen-bond donors (Lipinski definition) is 1. The highest BCUT2D eigenvalue weighted by Crippen LogP contribution is 2.28. The quantitative estimate of drug-likeness (QED) is 0.160. The first-order valence-electron chi connectivity index (χ1n) is 9.77. The van der Waals surface area contributed by atoms with Crippen LogP contribution in [0.5, 0.6) is 5.75 Å². The normalized spacial score (nSPS) is 15.0. The average molecular weight is 627 g/mol. The number of para-hydroxylation sites is 1. The Morgan fingerprint density at radius 2 is 1.85 bits per heavy atom. The van der Waals surface area contributed by atoms with Gasteiger partial charge in [-0.3, -0.25) is 14.9 Å². The Hall–Kier alpha value is -2.53. The van der Waals surface area contributed by atoms with Gasteiger partial charge in [0.1, 0.15) is 23.7 Å². The maximum absolute atomic E-state index is 14.3. The molecule has 0 aromatic heterocycles. The number of anilines is 1. The zero-order chi connectivity index (χ0) is 24.4. The molecule has 0 unspecified atom stereocenters. The molecule has 1 saturated heterocycles. The third kappa shape index (κ3) is 5.25. The number of amides is 2. The third-order valence-electron chi connectivity index (χ3n) is 4.86. The molecule has 34 heavy (non-hydrogen) atoms. The minimum absolute atomic E-state index is 0.0393. The van der Waals surface area contributed by atoms with Crippen molar-refractivity contribution in [2.24, 2.45) is 0 Å². The van der Waals surface area contributed by atoms with E-state index in [1.54, 1.807) is 42.5 Å². The van der Waals surface area contributed by atoms with Gasteiger partial charge in [0.05, 0.1) is 9.26 Å². The molecule has 1 aliphatic rings. The van der Waals surface area contributed by atoms with E-state index in [9.17, 15) is 14.0 Å². The number of benzene rings is 3. The maximum atomic E-state index is 14.3. The number of nitrogens with one attached hydrogen (secondary N) is 1. The number of hydrogen-bond acceptors (Lipinski definition) is 4. The second-order valence-electron chi connectivity index (χ2n) is 7.12. The van der Waals surface area contributed by atoms with Gasteiger partial charge in [0.25, 0.3) is 11.8 Å². The van der Waals surface area contributed by atoms with Crippen LogP contribution in [0.25, 0.3) is 6.08 Å². The van der Waals surface area contributed by atoms with E-state index in [1.165, 1.54) is 24.3 Å². The fourth-order valence-electron chi connectivity index (χ4n) is 3.19. The Bertz CT molecular complexity index is 1370. The van der Waals surface area contributed by atoms with Crippen molar-refractivity contribution in [3.63, 3.8) is 0 Å². The summed E-state index contributed by atoms with van der Waals surface area (Å²) >= 11 is 19.3. The van der Waals surface area contributed by atoms with Gasteiger partial charge < -0.3 is 4.74 Å². The summed E-state index contributed by atoms with van der Waals surface area (Å²) in [5.41, 5.74) is 1.15. The molecule has 0 atom stereocenters. The highest BCUT2D eigenvalue weighted by Gasteiger charge is 2.35. The van der Waals surface area contributed by atoms with Gasteiger partial charge in [-0.15, -0.1) is 0 Å². The molecule has 0 aliphatic carbocycles. The van der Waals surface area contributed by atoms with Crippen molar-refractivity contribution in [1.82, 2.24) is 5.32 Å². The van der Waals surface area contributed by atoms with Gasteiger partial charge in [0.2, 0.25) is 0 Å². The standard InChI is InChI=1S/C24H14Cl2FIN2O3S/c25-15-7-6-14(17(26)11-15)12-33-21-8-5-13(10-19(21)28)9-16-22(31)29-24(34)30(23(16)32)20-4-2-1-3-18(20)27/h1-11H,12H2,(H,29,31,34)/b16-9+. The third-order valence-corrected chi connectivity index (χ3v) is 6.57. The first-order valence-corrected chi connectivity index (χ1v) is 12.0. The maximum Gasteiger partial charge on any atom is 0.270 e. The summed E-state index contributed by atoms with van der Waals surface area (Å²) in [5.74, 6) is -1.41. The van der Waals surface area contributed by atoms with Crippen LogP contribution in [0.3, 0.4) is 0 Å². The molecule has 4 rings (SSSR count). The van der Waals surface area contributed by atoms with Crippen molar-refractivity contribution in [3.8, 4) is 5.75 Å². The lowest BCUT2D eigenvalue weighted by molar-refractivity contribution is -0.122. The molecular weight excluding hydrogens is 613 g/mol. The predicted molar refractivity (Wildman–Crippen MR) is 143 cm³/mol. The van der Waals surface area contributed by atoms with Crippen molar-refractivity contribution in [2.45, 2.75) is 6.61 Å². The monoisotopic (exact) mass is 626 g/mol. The van der Waals surface area contributed by atoms with E-state index in [1.807, 2.05) is 0 Å². The van der Waals surface area contributed by atoms with E-state index >= 15 is 0 Å². The molecule has 0 saturated carbocycles. The van der Waals surface area contributed by atoms with Gasteiger partial charge in [-0.05, 0) is 82.8 Å². The molecule has 3 aromatic rings. The number of ether oxygens (including phenoxy) is 1. The van der Waals surface area contributed by atoms with Crippen molar-refractivity contribution in [2.75, 3.05) is 4.90 Å². The minimum Gasteiger partial charge on any atom is -0.488 e. The van der Waals surface area contributed by atoms with E-state index in [-0.39, 0.29) is 23.0 Å². The summed E-state index contributed by atoms with van der Waals surface area (Å²) in [6.45, 7) is 0.238. The lowest BCUT2D eigenvalue weighted by Gasteiger charge is -2.29. The smallest absolute Gasteiger partial charge is 0.270 e. The summed E-state index contributed by atoms with van der Waals surface area (Å²) in [6.07, 6.45) is 1.43. The van der Waals surface area contributed by atoms with Crippen molar-refractivity contribution in [3.05, 3.63) is 96.8 Å². The van der Waals surface area contributed by atoms with Gasteiger partial charge in [-0.25, -0.2) is 9.29 Å². The van der Waals surface area contributed by atoms with Crippen molar-refractivity contribution < 1.29 is 18.7 Å². The van der Waals surface area contributed by atoms with Crippen LogP contribution in [0.15, 0.2) is 66.2 Å². The molecule has 5 nitrogen and oxygen atoms in total. The van der Waals surface area contributed by atoms with Crippen LogP contribution in [-0.4, -0.2) is 16.9 Å². The van der Waals surface area contributed by atoms with Crippen LogP contribution in [0.2, 0.25) is 10.0 Å². The van der Waals surface area contributed by atoms with Gasteiger partial charge >= 0.3 is 0 Å². The number of halogens is 4. The Balaban J connectivity index is 1.57. The molecule has 1 N–H and O–H groups in total. The van der Waals surface area contributed by atoms with E-state index in [4.69, 9.17) is 40.2 Å². The van der Waals surface area contributed by atoms with Gasteiger partial charge in [0, 0.05) is 15.6 Å². The zero-order valence-corrected chi connectivity index (χ0v) is 21.6. The lowest BCUT2D eigenvalue weighted by Crippen LogP contribution is -2.54. The number of carbonyl (C=O) groups is 2. The number of thiocarbonyl (C=S) groups is 1. The molecule has 1 fully saturated rings. The van der Waals surface area contributed by atoms with Crippen LogP contribution < -0.4 is 15.0 Å². The first-order chi connectivity index (χ1) is 16.2. The van der Waals surface area contributed by atoms with Gasteiger partial charge in [-0.2, -0.15) is 0 Å². The predicted octanol–water partition coefficient (Wildman–Crippen LogP) is 6.15. The number of carbonyl (C=O) groups excluding carboxylic acids is 2. The molecule has 0 radical (unpaired) electrons. The van der Waals surface area contributed by atoms with E-state index in [0.29, 0.717) is 21.4 Å². The van der Waals surface area contributed by atoms with Gasteiger partial charge in [0.15, 0.2) is 5.11 Å². The summed E-state index contributed by atoms with van der Waals surface area (Å²) in [7, 11) is 0. The van der Waals surface area contributed by atoms with Crippen molar-refractivity contribution in [1.29, 1.82) is 0 Å². The molecule has 0 bridgehead atoms. The SMILES string of the molecule is O=C1NC(=S)N(c2ccccc2F)C(=O)/C1=C/c1ccc(OCc2ccc(Cl)cc2Cl)c(I)c1. The Kier molecular flexibility index (Phi) is 7.51. The zero-order valence-electron chi connectivity index (χ0n) is 17.2. The molecule has 172 valence electrons. The summed E-state index contributed by atoms with van der Waals surface area (Å²) in [6, 6.07) is 16.0. The van der Waals surface area contributed by atoms with E-state index in [2.05, 4.69) is 27.9 Å². The van der Waals surface area contributed by atoms with E-state index < -0.39 is 17.6 Å². The molecule has 1 aliphatic heterocycles. The van der Waals surface area contributed by atoms with E-state index in [0.717, 1.165) is 14.0 Å². The molecular formula is C24H14Cl2FIN2O3S. The highest BCUT2D eigenvalue weighted by molar-refractivity contribution is 14.1. The topological polar surface area (TPSA) is 58.6 Å². The molecule has 2 amide bonds. The average Bonchev–Trinajstić information content (AvgIpc) is 2.78. The van der Waals surface area contributed by atoms with Crippen LogP contribution in [-0.2, 0) is 16.2 Å². The minimum atomic E-state index is -0.716. The summed E-state index contributed by atoms with van der Waals surface area (Å²) in [5, 5.41) is 3.30. The Morgan fingerprint density at radius 3 is 2.56 bits per heavy atom. The summed E-state index contributed by atoms with van der Waals surface area (Å²) < 4.78 is 20.9. The molecule has 1 heterocycles. The number of nitrogens with zero attached hydrogens (tertiary/aromatic N) is 1. The van der Waals surface area contributed by atoms with Crippen LogP contribution in [0.1, 0.15) is 11.1 Å². The fourth-order valence-corrected chi connectivity index (χ4v) is 4.63. The summed E-state index contributed by atoms with van der Waals surface area (Å²) in [4.78, 5) is 26.5. The van der Waals surface area contributed by atoms with Gasteiger partial charge in [-0.1, -0.05) is 47.5 Å². The second-order valence-corrected chi connectivity index (χ2v) is 9.52.